The monoisotopic (exact) mass is 252 g/mol. The summed E-state index contributed by atoms with van der Waals surface area (Å²) in [6.45, 7) is 5.21. The molecule has 0 atom stereocenters. The molecule has 0 bridgehead atoms. The molecule has 0 aliphatic carbocycles. The van der Waals surface area contributed by atoms with E-state index >= 15 is 0 Å². The van der Waals surface area contributed by atoms with Gasteiger partial charge in [0.1, 0.15) is 5.82 Å². The van der Waals surface area contributed by atoms with Crippen molar-refractivity contribution < 1.29 is 4.39 Å². The van der Waals surface area contributed by atoms with Crippen molar-refractivity contribution in [3.8, 4) is 0 Å². The van der Waals surface area contributed by atoms with E-state index in [4.69, 9.17) is 0 Å². The van der Waals surface area contributed by atoms with E-state index < -0.39 is 0 Å². The molecule has 1 N–H and O–H groups in total. The van der Waals surface area contributed by atoms with Crippen molar-refractivity contribution in [2.75, 3.05) is 31.6 Å². The van der Waals surface area contributed by atoms with E-state index in [-0.39, 0.29) is 5.82 Å². The first-order valence-corrected chi connectivity index (χ1v) is 6.92. The first-order valence-electron chi connectivity index (χ1n) is 6.92. The number of rotatable bonds is 9. The zero-order valence-electron chi connectivity index (χ0n) is 11.6. The molecule has 0 amide bonds. The summed E-state index contributed by atoms with van der Waals surface area (Å²) in [5.74, 6) is -0.132. The predicted octanol–water partition coefficient (Wildman–Crippen LogP) is 3.43. The van der Waals surface area contributed by atoms with E-state index in [1.54, 1.807) is 6.07 Å². The topological polar surface area (TPSA) is 15.3 Å². The largest absolute Gasteiger partial charge is 0.372 e. The number of hydrogen-bond acceptors (Lipinski definition) is 2. The van der Waals surface area contributed by atoms with E-state index in [2.05, 4.69) is 12.2 Å². The van der Waals surface area contributed by atoms with Crippen LogP contribution in [0.5, 0.6) is 0 Å². The highest BCUT2D eigenvalue weighted by Gasteiger charge is 2.05. The maximum Gasteiger partial charge on any atom is 0.146 e. The van der Waals surface area contributed by atoms with Crippen molar-refractivity contribution in [3.63, 3.8) is 0 Å². The van der Waals surface area contributed by atoms with E-state index in [9.17, 15) is 4.39 Å². The minimum atomic E-state index is -0.132. The van der Waals surface area contributed by atoms with Gasteiger partial charge in [0.25, 0.3) is 0 Å². The SMILES string of the molecule is CCNCCCCCCN(C)c1ccccc1F. The highest BCUT2D eigenvalue weighted by molar-refractivity contribution is 5.46. The molecule has 0 saturated carbocycles. The van der Waals surface area contributed by atoms with Crippen molar-refractivity contribution in [2.24, 2.45) is 0 Å². The number of hydrogen-bond donors (Lipinski definition) is 1. The molecule has 2 nitrogen and oxygen atoms in total. The summed E-state index contributed by atoms with van der Waals surface area (Å²) in [5, 5.41) is 3.32. The molecular weight excluding hydrogens is 227 g/mol. The average Bonchev–Trinajstić information content (AvgIpc) is 2.38. The first-order chi connectivity index (χ1) is 8.75. The Morgan fingerprint density at radius 3 is 2.56 bits per heavy atom. The minimum absolute atomic E-state index is 0.132. The molecule has 0 fully saturated rings. The molecule has 1 aromatic rings. The second-order valence-corrected chi connectivity index (χ2v) is 4.64. The lowest BCUT2D eigenvalue weighted by atomic mass is 10.2. The third-order valence-electron chi connectivity index (χ3n) is 3.11. The van der Waals surface area contributed by atoms with Crippen molar-refractivity contribution in [3.05, 3.63) is 30.1 Å². The van der Waals surface area contributed by atoms with Crippen LogP contribution in [0, 0.1) is 5.82 Å². The molecule has 1 rings (SSSR count). The van der Waals surface area contributed by atoms with Crippen LogP contribution < -0.4 is 10.2 Å². The Morgan fingerprint density at radius 1 is 1.11 bits per heavy atom. The molecule has 102 valence electrons. The molecule has 0 aliphatic heterocycles. The smallest absolute Gasteiger partial charge is 0.146 e. The Hall–Kier alpha value is -1.09. The molecule has 0 aromatic heterocycles. The lowest BCUT2D eigenvalue weighted by molar-refractivity contribution is 0.590. The number of halogens is 1. The van der Waals surface area contributed by atoms with Gasteiger partial charge >= 0.3 is 0 Å². The normalized spacial score (nSPS) is 10.6. The molecule has 0 radical (unpaired) electrons. The predicted molar refractivity (Wildman–Crippen MR) is 76.7 cm³/mol. The van der Waals surface area contributed by atoms with Crippen molar-refractivity contribution in [2.45, 2.75) is 32.6 Å². The lowest BCUT2D eigenvalue weighted by Gasteiger charge is -2.19. The van der Waals surface area contributed by atoms with Crippen LogP contribution in [0.2, 0.25) is 0 Å². The fourth-order valence-electron chi connectivity index (χ4n) is 2.01. The van der Waals surface area contributed by atoms with Crippen LogP contribution in [0.1, 0.15) is 32.6 Å². The number of benzene rings is 1. The van der Waals surface area contributed by atoms with Gasteiger partial charge in [-0.3, -0.25) is 0 Å². The maximum atomic E-state index is 13.5. The molecule has 18 heavy (non-hydrogen) atoms. The Kier molecular flexibility index (Phi) is 7.42. The zero-order chi connectivity index (χ0) is 13.2. The Balaban J connectivity index is 2.14. The average molecular weight is 252 g/mol. The lowest BCUT2D eigenvalue weighted by Crippen LogP contribution is -2.19. The van der Waals surface area contributed by atoms with Gasteiger partial charge in [-0.15, -0.1) is 0 Å². The van der Waals surface area contributed by atoms with Crippen LogP contribution in [-0.2, 0) is 0 Å². The maximum absolute atomic E-state index is 13.5. The van der Waals surface area contributed by atoms with Gasteiger partial charge < -0.3 is 10.2 Å². The van der Waals surface area contributed by atoms with Crippen LogP contribution >= 0.6 is 0 Å². The number of nitrogens with zero attached hydrogens (tertiary/aromatic N) is 1. The van der Waals surface area contributed by atoms with Gasteiger partial charge in [0.2, 0.25) is 0 Å². The quantitative estimate of drug-likeness (QED) is 0.677. The van der Waals surface area contributed by atoms with Gasteiger partial charge in [0.15, 0.2) is 0 Å². The minimum Gasteiger partial charge on any atom is -0.372 e. The van der Waals surface area contributed by atoms with Crippen molar-refractivity contribution >= 4 is 5.69 Å². The number of para-hydroxylation sites is 1. The number of unbranched alkanes of at least 4 members (excludes halogenated alkanes) is 3. The second-order valence-electron chi connectivity index (χ2n) is 4.64. The third-order valence-corrected chi connectivity index (χ3v) is 3.11. The Labute approximate surface area is 110 Å². The third kappa shape index (κ3) is 5.50. The fraction of sp³-hybridized carbons (Fsp3) is 0.600. The van der Waals surface area contributed by atoms with E-state index in [0.29, 0.717) is 5.69 Å². The molecular formula is C15H25FN2. The number of anilines is 1. The van der Waals surface area contributed by atoms with Crippen LogP contribution in [0.15, 0.2) is 24.3 Å². The van der Waals surface area contributed by atoms with Crippen LogP contribution in [-0.4, -0.2) is 26.7 Å². The van der Waals surface area contributed by atoms with E-state index in [1.165, 1.54) is 25.3 Å². The van der Waals surface area contributed by atoms with Crippen LogP contribution in [0.3, 0.4) is 0 Å². The van der Waals surface area contributed by atoms with Crippen molar-refractivity contribution in [1.29, 1.82) is 0 Å². The Morgan fingerprint density at radius 2 is 1.83 bits per heavy atom. The van der Waals surface area contributed by atoms with Gasteiger partial charge in [-0.2, -0.15) is 0 Å². The summed E-state index contributed by atoms with van der Waals surface area (Å²) < 4.78 is 13.5. The fourth-order valence-corrected chi connectivity index (χ4v) is 2.01. The molecule has 0 spiro atoms. The number of nitrogens with one attached hydrogen (secondary N) is 1. The van der Waals surface area contributed by atoms with Gasteiger partial charge in [-0.25, -0.2) is 4.39 Å². The van der Waals surface area contributed by atoms with Gasteiger partial charge in [0.05, 0.1) is 5.69 Å². The summed E-state index contributed by atoms with van der Waals surface area (Å²) in [4.78, 5) is 2.00. The molecule has 3 heteroatoms. The molecule has 0 aliphatic rings. The standard InChI is InChI=1S/C15H25FN2/c1-3-17-12-8-4-5-9-13-18(2)15-11-7-6-10-14(15)16/h6-7,10-11,17H,3-5,8-9,12-13H2,1-2H3. The van der Waals surface area contributed by atoms with Crippen molar-refractivity contribution in [1.82, 2.24) is 5.32 Å². The van der Waals surface area contributed by atoms with E-state index in [1.807, 2.05) is 24.1 Å². The summed E-state index contributed by atoms with van der Waals surface area (Å²) >= 11 is 0. The van der Waals surface area contributed by atoms with Gasteiger partial charge in [0, 0.05) is 13.6 Å². The Bertz CT molecular complexity index is 328. The highest BCUT2D eigenvalue weighted by atomic mass is 19.1. The van der Waals surface area contributed by atoms with Gasteiger partial charge in [-0.05, 0) is 38.1 Å². The first kappa shape index (κ1) is 15.0. The van der Waals surface area contributed by atoms with Gasteiger partial charge in [-0.1, -0.05) is 31.9 Å². The summed E-state index contributed by atoms with van der Waals surface area (Å²) in [5.41, 5.74) is 0.699. The summed E-state index contributed by atoms with van der Waals surface area (Å²) in [6, 6.07) is 6.96. The summed E-state index contributed by atoms with van der Waals surface area (Å²) in [6.07, 6.45) is 4.82. The molecule has 0 saturated heterocycles. The zero-order valence-corrected chi connectivity index (χ0v) is 11.6. The van der Waals surface area contributed by atoms with Crippen LogP contribution in [0.4, 0.5) is 10.1 Å². The molecule has 0 unspecified atom stereocenters. The van der Waals surface area contributed by atoms with E-state index in [0.717, 1.165) is 26.1 Å². The highest BCUT2D eigenvalue weighted by Crippen LogP contribution is 2.17. The molecule has 0 heterocycles. The van der Waals surface area contributed by atoms with Crippen LogP contribution in [0.25, 0.3) is 0 Å². The summed E-state index contributed by atoms with van der Waals surface area (Å²) in [7, 11) is 1.96. The second kappa shape index (κ2) is 8.92. The molecule has 1 aromatic carbocycles.